The Labute approximate surface area is 202 Å². The summed E-state index contributed by atoms with van der Waals surface area (Å²) in [5.41, 5.74) is 0.774. The van der Waals surface area contributed by atoms with Crippen LogP contribution in [0.1, 0.15) is 36.3 Å². The van der Waals surface area contributed by atoms with Crippen LogP contribution in [0.2, 0.25) is 0 Å². The van der Waals surface area contributed by atoms with Crippen molar-refractivity contribution in [2.24, 2.45) is 0 Å². The molecule has 0 aliphatic carbocycles. The number of nitrogens with zero attached hydrogens (tertiary/aromatic N) is 2. The third-order valence-electron chi connectivity index (χ3n) is 5.61. The molecule has 0 saturated carbocycles. The lowest BCUT2D eigenvalue weighted by molar-refractivity contribution is -0.132. The summed E-state index contributed by atoms with van der Waals surface area (Å²) in [5, 5.41) is 15.3. The van der Waals surface area contributed by atoms with Crippen LogP contribution in [0.15, 0.2) is 58.6 Å². The van der Waals surface area contributed by atoms with Crippen molar-refractivity contribution in [3.8, 4) is 17.2 Å². The molecule has 4 rings (SSSR count). The second-order valence-corrected chi connectivity index (χ2v) is 7.96. The number of aliphatic hydroxyl groups excluding tert-OH is 1. The Bertz CT molecular complexity index is 1290. The molecule has 1 aliphatic rings. The van der Waals surface area contributed by atoms with E-state index in [0.29, 0.717) is 40.7 Å². The zero-order valence-corrected chi connectivity index (χ0v) is 19.9. The Kier molecular flexibility index (Phi) is 6.77. The summed E-state index contributed by atoms with van der Waals surface area (Å²) in [6.45, 7) is 4.19. The van der Waals surface area contributed by atoms with E-state index in [1.54, 1.807) is 55.5 Å². The third kappa shape index (κ3) is 4.44. The monoisotopic (exact) mass is 478 g/mol. The fourth-order valence-electron chi connectivity index (χ4n) is 3.98. The van der Waals surface area contributed by atoms with Gasteiger partial charge in [-0.05, 0) is 49.2 Å². The number of ether oxygens (including phenoxy) is 3. The van der Waals surface area contributed by atoms with Gasteiger partial charge < -0.3 is 23.8 Å². The predicted molar refractivity (Wildman–Crippen MR) is 128 cm³/mol. The fraction of sp³-hybridized carbons (Fsp3) is 0.269. The van der Waals surface area contributed by atoms with Crippen molar-refractivity contribution in [3.63, 3.8) is 0 Å². The quantitative estimate of drug-likeness (QED) is 0.288. The molecule has 1 fully saturated rings. The molecule has 0 radical (unpaired) electrons. The maximum atomic E-state index is 13.3. The van der Waals surface area contributed by atoms with Crippen molar-refractivity contribution >= 4 is 23.3 Å². The topological polar surface area (TPSA) is 111 Å². The number of ketones is 1. The van der Waals surface area contributed by atoms with Crippen molar-refractivity contribution in [1.29, 1.82) is 0 Å². The smallest absolute Gasteiger partial charge is 0.301 e. The first-order chi connectivity index (χ1) is 16.9. The van der Waals surface area contributed by atoms with Crippen LogP contribution in [0.4, 0.5) is 5.82 Å². The molecule has 1 unspecified atom stereocenters. The number of hydrogen-bond acceptors (Lipinski definition) is 8. The molecule has 9 nitrogen and oxygen atoms in total. The van der Waals surface area contributed by atoms with Gasteiger partial charge in [-0.3, -0.25) is 14.5 Å². The van der Waals surface area contributed by atoms with Crippen LogP contribution >= 0.6 is 0 Å². The van der Waals surface area contributed by atoms with Crippen LogP contribution in [0.25, 0.3) is 5.76 Å². The second-order valence-electron chi connectivity index (χ2n) is 7.96. The zero-order valence-electron chi connectivity index (χ0n) is 19.9. The molecule has 1 aromatic heterocycles. The molecule has 182 valence electrons. The van der Waals surface area contributed by atoms with Gasteiger partial charge in [0.2, 0.25) is 0 Å². The van der Waals surface area contributed by atoms with Gasteiger partial charge in [-0.2, -0.15) is 0 Å². The third-order valence-corrected chi connectivity index (χ3v) is 5.61. The fourth-order valence-corrected chi connectivity index (χ4v) is 3.98. The van der Waals surface area contributed by atoms with Gasteiger partial charge in [0.15, 0.2) is 17.3 Å². The maximum Gasteiger partial charge on any atom is 0.301 e. The summed E-state index contributed by atoms with van der Waals surface area (Å²) < 4.78 is 21.5. The SMILES string of the molecule is CCCOc1cccc(C2/C(=C(\O)c3ccc(OC)c(OC)c3)C(=O)C(=O)N2c2cc(C)on2)c1. The highest BCUT2D eigenvalue weighted by molar-refractivity contribution is 6.51. The summed E-state index contributed by atoms with van der Waals surface area (Å²) in [7, 11) is 2.96. The Morgan fingerprint density at radius 2 is 1.86 bits per heavy atom. The van der Waals surface area contributed by atoms with Gasteiger partial charge in [0, 0.05) is 11.6 Å². The first-order valence-corrected chi connectivity index (χ1v) is 11.1. The van der Waals surface area contributed by atoms with Crippen LogP contribution in [0.3, 0.4) is 0 Å². The summed E-state index contributed by atoms with van der Waals surface area (Å²) in [5.74, 6) is 0.0213. The van der Waals surface area contributed by atoms with E-state index < -0.39 is 17.7 Å². The maximum absolute atomic E-state index is 13.3. The lowest BCUT2D eigenvalue weighted by Crippen LogP contribution is -2.29. The predicted octanol–water partition coefficient (Wildman–Crippen LogP) is 4.42. The first kappa shape index (κ1) is 23.9. The Morgan fingerprint density at radius 1 is 1.09 bits per heavy atom. The Morgan fingerprint density at radius 3 is 2.51 bits per heavy atom. The van der Waals surface area contributed by atoms with Crippen molar-refractivity contribution in [2.75, 3.05) is 25.7 Å². The number of carbonyl (C=O) groups excluding carboxylic acids is 2. The standard InChI is InChI=1S/C26H26N2O7/c1-5-11-34-18-8-6-7-16(13-18)23-22(24(29)17-9-10-19(32-3)20(14-17)33-4)25(30)26(31)28(23)21-12-15(2)35-27-21/h6-10,12-14,23,29H,5,11H2,1-4H3/b24-22+. The van der Waals surface area contributed by atoms with Crippen LogP contribution < -0.4 is 19.1 Å². The van der Waals surface area contributed by atoms with Crippen LogP contribution in [0.5, 0.6) is 17.2 Å². The molecule has 1 amide bonds. The number of benzene rings is 2. The highest BCUT2D eigenvalue weighted by atomic mass is 16.5. The molecule has 2 aromatic carbocycles. The first-order valence-electron chi connectivity index (χ1n) is 11.1. The molecule has 1 atom stereocenters. The molecule has 1 aliphatic heterocycles. The minimum Gasteiger partial charge on any atom is -0.507 e. The Hall–Kier alpha value is -4.27. The van der Waals surface area contributed by atoms with Gasteiger partial charge in [-0.15, -0.1) is 0 Å². The van der Waals surface area contributed by atoms with E-state index in [2.05, 4.69) is 5.16 Å². The summed E-state index contributed by atoms with van der Waals surface area (Å²) in [6, 6.07) is 12.4. The number of amides is 1. The van der Waals surface area contributed by atoms with Gasteiger partial charge in [-0.1, -0.05) is 24.2 Å². The van der Waals surface area contributed by atoms with Crippen molar-refractivity contribution in [1.82, 2.24) is 5.16 Å². The number of aliphatic hydroxyl groups is 1. The molecule has 3 aromatic rings. The molecular weight excluding hydrogens is 452 g/mol. The van der Waals surface area contributed by atoms with E-state index in [-0.39, 0.29) is 17.2 Å². The molecule has 9 heteroatoms. The largest absolute Gasteiger partial charge is 0.507 e. The zero-order chi connectivity index (χ0) is 25.1. The minimum atomic E-state index is -0.960. The number of anilines is 1. The van der Waals surface area contributed by atoms with Gasteiger partial charge >= 0.3 is 5.91 Å². The average molecular weight is 479 g/mol. The highest BCUT2D eigenvalue weighted by Gasteiger charge is 2.48. The highest BCUT2D eigenvalue weighted by Crippen LogP contribution is 2.43. The van der Waals surface area contributed by atoms with Crippen LogP contribution in [-0.4, -0.2) is 42.8 Å². The molecule has 35 heavy (non-hydrogen) atoms. The summed E-state index contributed by atoms with van der Waals surface area (Å²) >= 11 is 0. The van der Waals surface area contributed by atoms with Crippen LogP contribution in [0, 0.1) is 6.92 Å². The second kappa shape index (κ2) is 9.92. The lowest BCUT2D eigenvalue weighted by atomic mass is 9.95. The molecule has 2 heterocycles. The Balaban J connectivity index is 1.91. The molecule has 0 bridgehead atoms. The van der Waals surface area contributed by atoms with Crippen molar-refractivity contribution in [2.45, 2.75) is 26.3 Å². The van der Waals surface area contributed by atoms with E-state index in [4.69, 9.17) is 18.7 Å². The van der Waals surface area contributed by atoms with E-state index in [0.717, 1.165) is 6.42 Å². The number of aromatic nitrogens is 1. The van der Waals surface area contributed by atoms with E-state index in [1.165, 1.54) is 19.1 Å². The van der Waals surface area contributed by atoms with Gasteiger partial charge in [0.1, 0.15) is 17.3 Å². The number of Topliss-reactive ketones (excluding diaryl/α,β-unsaturated/α-hetero) is 1. The van der Waals surface area contributed by atoms with Crippen LogP contribution in [-0.2, 0) is 9.59 Å². The normalized spacial score (nSPS) is 17.0. The summed E-state index contributed by atoms with van der Waals surface area (Å²) in [6.07, 6.45) is 0.820. The number of hydrogen-bond donors (Lipinski definition) is 1. The number of aryl methyl sites for hydroxylation is 1. The van der Waals surface area contributed by atoms with Gasteiger partial charge in [-0.25, -0.2) is 0 Å². The molecular formula is C26H26N2O7. The number of rotatable bonds is 8. The van der Waals surface area contributed by atoms with E-state index in [9.17, 15) is 14.7 Å². The molecule has 0 spiro atoms. The minimum absolute atomic E-state index is 0.0875. The van der Waals surface area contributed by atoms with Gasteiger partial charge in [0.05, 0.1) is 32.4 Å². The van der Waals surface area contributed by atoms with Gasteiger partial charge in [0.25, 0.3) is 5.78 Å². The van der Waals surface area contributed by atoms with E-state index >= 15 is 0 Å². The number of methoxy groups -OCH3 is 2. The van der Waals surface area contributed by atoms with E-state index in [1.807, 2.05) is 6.92 Å². The molecule has 1 N–H and O–H groups in total. The lowest BCUT2D eigenvalue weighted by Gasteiger charge is -2.23. The van der Waals surface area contributed by atoms with Crippen molar-refractivity contribution in [3.05, 3.63) is 71.0 Å². The average Bonchev–Trinajstić information content (AvgIpc) is 3.42. The number of carbonyl (C=O) groups is 2. The summed E-state index contributed by atoms with van der Waals surface area (Å²) in [4.78, 5) is 27.7. The van der Waals surface area contributed by atoms with Crippen molar-refractivity contribution < 1.29 is 33.4 Å². The molecule has 1 saturated heterocycles.